The van der Waals surface area contributed by atoms with E-state index in [1.165, 1.54) is 28.6 Å². The molecule has 3 heterocycles. The highest BCUT2D eigenvalue weighted by molar-refractivity contribution is 8.08. The first-order valence-corrected chi connectivity index (χ1v) is 12.9. The Labute approximate surface area is 216 Å². The van der Waals surface area contributed by atoms with Gasteiger partial charge in [-0.3, -0.25) is 19.3 Å². The third kappa shape index (κ3) is 6.16. The van der Waals surface area contributed by atoms with E-state index < -0.39 is 47.5 Å². The van der Waals surface area contributed by atoms with Gasteiger partial charge in [-0.05, 0) is 12.3 Å². The van der Waals surface area contributed by atoms with Gasteiger partial charge in [-0.2, -0.15) is 0 Å². The van der Waals surface area contributed by atoms with Crippen molar-refractivity contribution in [1.82, 2.24) is 20.5 Å². The van der Waals surface area contributed by atoms with Crippen molar-refractivity contribution in [3.8, 4) is 0 Å². The summed E-state index contributed by atoms with van der Waals surface area (Å²) in [5.41, 5.74) is 4.99. The second-order valence-electron chi connectivity index (χ2n) is 6.93. The summed E-state index contributed by atoms with van der Waals surface area (Å²) in [7, 11) is 0. The van der Waals surface area contributed by atoms with E-state index in [-0.39, 0.29) is 28.2 Å². The lowest BCUT2D eigenvalue weighted by Gasteiger charge is -2.49. The number of thioether (sulfide) groups is 2. The van der Waals surface area contributed by atoms with E-state index in [2.05, 4.69) is 25.6 Å². The van der Waals surface area contributed by atoms with Gasteiger partial charge < -0.3 is 31.4 Å². The SMILES string of the molecule is CCNC(=O)C=CSC1=C(C(=O)O)N2C(=O)[C@@H](NC(=O)C(=NOCC(=O)O)c3csc(N)n3)[C@@H]2SC1. The van der Waals surface area contributed by atoms with E-state index in [4.69, 9.17) is 10.8 Å². The van der Waals surface area contributed by atoms with Crippen LogP contribution in [0, 0.1) is 0 Å². The number of carboxylic acids is 2. The van der Waals surface area contributed by atoms with Crippen LogP contribution in [0.3, 0.4) is 0 Å². The molecule has 3 amide bonds. The molecule has 1 saturated heterocycles. The van der Waals surface area contributed by atoms with Crippen molar-refractivity contribution >= 4 is 75.4 Å². The zero-order valence-corrected chi connectivity index (χ0v) is 20.9. The molecule has 0 spiro atoms. The highest BCUT2D eigenvalue weighted by Gasteiger charge is 2.54. The minimum atomic E-state index is -1.32. The van der Waals surface area contributed by atoms with Crippen molar-refractivity contribution < 1.29 is 39.0 Å². The van der Waals surface area contributed by atoms with E-state index in [1.807, 2.05) is 0 Å². The van der Waals surface area contributed by atoms with Crippen LogP contribution in [0.15, 0.2) is 32.6 Å². The number of hydrogen-bond donors (Lipinski definition) is 5. The average molecular weight is 557 g/mol. The topological polar surface area (TPSA) is 214 Å². The monoisotopic (exact) mass is 556 g/mol. The second-order valence-corrected chi connectivity index (χ2v) is 9.93. The minimum absolute atomic E-state index is 0.0176. The number of aliphatic carboxylic acids is 2. The minimum Gasteiger partial charge on any atom is -0.479 e. The molecule has 2 aliphatic rings. The molecule has 0 bridgehead atoms. The van der Waals surface area contributed by atoms with Crippen LogP contribution in [0.25, 0.3) is 0 Å². The Bertz CT molecular complexity index is 1180. The van der Waals surface area contributed by atoms with Gasteiger partial charge in [-0.15, -0.1) is 23.1 Å². The van der Waals surface area contributed by atoms with Crippen molar-refractivity contribution in [2.75, 3.05) is 24.6 Å². The fraction of sp³-hybridized carbons (Fsp3) is 0.316. The summed E-state index contributed by atoms with van der Waals surface area (Å²) in [5.74, 6) is -4.30. The van der Waals surface area contributed by atoms with Gasteiger partial charge in [0.05, 0.1) is 0 Å². The lowest BCUT2D eigenvalue weighted by Crippen LogP contribution is -2.71. The zero-order chi connectivity index (χ0) is 26.4. The number of likely N-dealkylation sites (N-methyl/N-ethyl adjacent to an activating group) is 1. The van der Waals surface area contributed by atoms with Gasteiger partial charge in [0.2, 0.25) is 12.5 Å². The van der Waals surface area contributed by atoms with Crippen LogP contribution < -0.4 is 16.4 Å². The molecule has 192 valence electrons. The van der Waals surface area contributed by atoms with Gasteiger partial charge in [-0.25, -0.2) is 14.6 Å². The molecule has 6 N–H and O–H groups in total. The Morgan fingerprint density at radius 2 is 2.14 bits per heavy atom. The molecule has 3 rings (SSSR count). The molecule has 17 heteroatoms. The Morgan fingerprint density at radius 1 is 1.39 bits per heavy atom. The fourth-order valence-corrected chi connectivity index (χ4v) is 5.93. The lowest BCUT2D eigenvalue weighted by atomic mass is 10.0. The molecule has 1 aromatic rings. The Kier molecular flexibility index (Phi) is 8.94. The van der Waals surface area contributed by atoms with Gasteiger partial charge in [0.15, 0.2) is 10.8 Å². The van der Waals surface area contributed by atoms with Crippen LogP contribution in [0.4, 0.5) is 5.13 Å². The first-order chi connectivity index (χ1) is 17.1. The number of nitrogens with zero attached hydrogens (tertiary/aromatic N) is 3. The molecule has 0 aromatic carbocycles. The lowest BCUT2D eigenvalue weighted by molar-refractivity contribution is -0.150. The summed E-state index contributed by atoms with van der Waals surface area (Å²) >= 11 is 3.26. The number of aromatic nitrogens is 1. The molecule has 0 unspecified atom stereocenters. The number of thiazole rings is 1. The number of nitrogens with two attached hydrogens (primary N) is 1. The van der Waals surface area contributed by atoms with Gasteiger partial charge in [0.25, 0.3) is 11.8 Å². The Hall–Kier alpha value is -3.57. The number of amides is 3. The largest absolute Gasteiger partial charge is 0.479 e. The molecular formula is C19H20N6O8S3. The van der Waals surface area contributed by atoms with Gasteiger partial charge >= 0.3 is 11.9 Å². The number of β-lactam (4-membered cyclic amide) rings is 1. The maximum Gasteiger partial charge on any atom is 0.353 e. The molecule has 2 aliphatic heterocycles. The first kappa shape index (κ1) is 27.0. The van der Waals surface area contributed by atoms with Crippen LogP contribution in [0.1, 0.15) is 12.6 Å². The maximum atomic E-state index is 12.9. The molecule has 36 heavy (non-hydrogen) atoms. The summed E-state index contributed by atoms with van der Waals surface area (Å²) in [6.07, 6.45) is 1.26. The van der Waals surface area contributed by atoms with Gasteiger partial charge in [-0.1, -0.05) is 16.9 Å². The van der Waals surface area contributed by atoms with Crippen molar-refractivity contribution in [3.63, 3.8) is 0 Å². The van der Waals surface area contributed by atoms with Crippen LogP contribution in [0.2, 0.25) is 0 Å². The number of nitrogen functional groups attached to an aromatic ring is 1. The quantitative estimate of drug-likeness (QED) is 0.102. The smallest absolute Gasteiger partial charge is 0.353 e. The molecule has 1 fully saturated rings. The highest BCUT2D eigenvalue weighted by atomic mass is 32.2. The summed E-state index contributed by atoms with van der Waals surface area (Å²) in [5, 5.41) is 29.3. The van der Waals surface area contributed by atoms with Crippen molar-refractivity contribution in [3.05, 3.63) is 33.2 Å². The normalized spacial score (nSPS) is 19.5. The zero-order valence-electron chi connectivity index (χ0n) is 18.5. The van der Waals surface area contributed by atoms with E-state index in [0.29, 0.717) is 11.4 Å². The summed E-state index contributed by atoms with van der Waals surface area (Å²) < 4.78 is 0. The summed E-state index contributed by atoms with van der Waals surface area (Å²) in [6, 6.07) is -1.07. The number of oxime groups is 1. The third-order valence-electron chi connectivity index (χ3n) is 4.53. The van der Waals surface area contributed by atoms with Crippen molar-refractivity contribution in [2.24, 2.45) is 5.16 Å². The van der Waals surface area contributed by atoms with E-state index in [1.54, 1.807) is 6.92 Å². The molecular weight excluding hydrogens is 536 g/mol. The standard InChI is InChI=1S/C19H20N6O8S3/c1-2-21-10(26)3-4-34-9-7-35-17-13(16(30)25(17)14(9)18(31)32)23-15(29)12(24-33-5-11(27)28)8-6-36-19(20)22-8/h3-4,6,13,17H,2,5,7H2,1H3,(H2,20,22)(H,21,26)(H,23,29)(H,27,28)(H,31,32)/t13-,17+/m1/s1. The predicted octanol–water partition coefficient (Wildman–Crippen LogP) is -0.390. The number of nitrogens with one attached hydrogen (secondary N) is 2. The Morgan fingerprint density at radius 3 is 2.75 bits per heavy atom. The average Bonchev–Trinajstić information content (AvgIpc) is 3.25. The van der Waals surface area contributed by atoms with Crippen LogP contribution in [-0.2, 0) is 28.8 Å². The van der Waals surface area contributed by atoms with Crippen molar-refractivity contribution in [1.29, 1.82) is 0 Å². The summed E-state index contributed by atoms with van der Waals surface area (Å²) in [4.78, 5) is 70.0. The van der Waals surface area contributed by atoms with Crippen LogP contribution in [-0.4, -0.2) is 85.8 Å². The number of rotatable bonds is 11. The van der Waals surface area contributed by atoms with Crippen LogP contribution in [0.5, 0.6) is 0 Å². The number of fused-ring (bicyclic) bond motifs is 1. The molecule has 14 nitrogen and oxygen atoms in total. The number of anilines is 1. The molecule has 0 saturated carbocycles. The molecule has 2 atom stereocenters. The molecule has 0 radical (unpaired) electrons. The highest BCUT2D eigenvalue weighted by Crippen LogP contribution is 2.43. The van der Waals surface area contributed by atoms with E-state index in [9.17, 15) is 29.1 Å². The maximum absolute atomic E-state index is 12.9. The van der Waals surface area contributed by atoms with E-state index >= 15 is 0 Å². The second kappa shape index (κ2) is 11.9. The fourth-order valence-electron chi connectivity index (χ4n) is 3.05. The third-order valence-corrected chi connectivity index (χ3v) is 7.56. The Balaban J connectivity index is 1.75. The first-order valence-electron chi connectivity index (χ1n) is 10.1. The molecule has 1 aromatic heterocycles. The molecule has 0 aliphatic carbocycles. The number of carbonyl (C=O) groups is 5. The van der Waals surface area contributed by atoms with Crippen LogP contribution >= 0.6 is 34.9 Å². The number of carboxylic acid groups (broad SMARTS) is 2. The summed E-state index contributed by atoms with van der Waals surface area (Å²) in [6.45, 7) is 1.39. The number of carbonyl (C=O) groups excluding carboxylic acids is 3. The van der Waals surface area contributed by atoms with E-state index in [0.717, 1.165) is 28.0 Å². The number of hydrogen-bond acceptors (Lipinski definition) is 12. The van der Waals surface area contributed by atoms with Gasteiger partial charge in [0.1, 0.15) is 22.8 Å². The predicted molar refractivity (Wildman–Crippen MR) is 132 cm³/mol. The van der Waals surface area contributed by atoms with Crippen molar-refractivity contribution in [2.45, 2.75) is 18.3 Å². The van der Waals surface area contributed by atoms with Gasteiger partial charge in [0, 0.05) is 28.7 Å².